The summed E-state index contributed by atoms with van der Waals surface area (Å²) in [7, 11) is 1.70. The van der Waals surface area contributed by atoms with Crippen molar-refractivity contribution in [3.8, 4) is 5.75 Å². The molecular formula is C19H25NO3. The molecule has 1 aliphatic heterocycles. The normalized spacial score (nSPS) is 19.0. The Morgan fingerprint density at radius 3 is 2.48 bits per heavy atom. The Morgan fingerprint density at radius 1 is 1.22 bits per heavy atom. The Kier molecular flexibility index (Phi) is 3.86. The van der Waals surface area contributed by atoms with Gasteiger partial charge in [0.15, 0.2) is 0 Å². The summed E-state index contributed by atoms with van der Waals surface area (Å²) in [5, 5.41) is 0. The number of nitrogens with zero attached hydrogens (tertiary/aromatic N) is 1. The molecule has 1 aromatic carbocycles. The zero-order chi connectivity index (χ0) is 16.7. The molecule has 2 aliphatic rings. The second kappa shape index (κ2) is 5.59. The third-order valence-electron chi connectivity index (χ3n) is 4.41. The minimum absolute atomic E-state index is 0.190. The summed E-state index contributed by atoms with van der Waals surface area (Å²) in [6.07, 6.45) is 4.15. The summed E-state index contributed by atoms with van der Waals surface area (Å²) >= 11 is 0. The van der Waals surface area contributed by atoms with Crippen molar-refractivity contribution in [2.45, 2.75) is 39.2 Å². The van der Waals surface area contributed by atoms with E-state index >= 15 is 0 Å². The Hall–Kier alpha value is -1.97. The first-order chi connectivity index (χ1) is 10.8. The molecule has 1 amide bonds. The number of carbonyl (C=O) groups excluding carboxylic acids is 1. The molecule has 0 N–H and O–H groups in total. The molecule has 23 heavy (non-hydrogen) atoms. The number of hydrogen-bond donors (Lipinski definition) is 0. The van der Waals surface area contributed by atoms with Crippen LogP contribution < -0.4 is 4.74 Å². The standard InChI is InChI=1S/C19H25NO3/c1-18(2,3)23-17(21)20-12-19(13-20)10-14(11-19)9-15-7-5-6-8-16(15)22-4/h5-9H,10-13H2,1-4H3. The quantitative estimate of drug-likeness (QED) is 0.824. The average Bonchev–Trinajstić information content (AvgIpc) is 2.38. The molecule has 1 spiro atoms. The zero-order valence-corrected chi connectivity index (χ0v) is 14.4. The van der Waals surface area contributed by atoms with Gasteiger partial charge in [-0.05, 0) is 39.7 Å². The van der Waals surface area contributed by atoms with Gasteiger partial charge in [0.1, 0.15) is 11.4 Å². The third kappa shape index (κ3) is 3.36. The SMILES string of the molecule is COc1ccccc1C=C1CC2(C1)CN(C(=O)OC(C)(C)C)C2. The van der Waals surface area contributed by atoms with E-state index in [9.17, 15) is 4.79 Å². The van der Waals surface area contributed by atoms with E-state index in [1.54, 1.807) is 7.11 Å². The number of carbonyl (C=O) groups is 1. The smallest absolute Gasteiger partial charge is 0.410 e. The first-order valence-corrected chi connectivity index (χ1v) is 8.11. The molecular weight excluding hydrogens is 290 g/mol. The number of rotatable bonds is 2. The van der Waals surface area contributed by atoms with Crippen LogP contribution in [0, 0.1) is 5.41 Å². The largest absolute Gasteiger partial charge is 0.496 e. The van der Waals surface area contributed by atoms with Crippen LogP contribution in [0.5, 0.6) is 5.75 Å². The number of para-hydroxylation sites is 1. The van der Waals surface area contributed by atoms with Crippen LogP contribution in [0.3, 0.4) is 0 Å². The van der Waals surface area contributed by atoms with Crippen molar-refractivity contribution in [1.29, 1.82) is 0 Å². The second-order valence-corrected chi connectivity index (χ2v) is 7.73. The summed E-state index contributed by atoms with van der Waals surface area (Å²) in [5.41, 5.74) is 2.42. The van der Waals surface area contributed by atoms with Crippen molar-refractivity contribution in [3.05, 3.63) is 35.4 Å². The van der Waals surface area contributed by atoms with E-state index < -0.39 is 5.60 Å². The molecule has 1 saturated carbocycles. The number of benzene rings is 1. The molecule has 2 fully saturated rings. The van der Waals surface area contributed by atoms with E-state index in [-0.39, 0.29) is 11.5 Å². The van der Waals surface area contributed by atoms with Crippen LogP contribution in [-0.2, 0) is 4.74 Å². The first kappa shape index (κ1) is 15.9. The van der Waals surface area contributed by atoms with E-state index in [2.05, 4.69) is 12.1 Å². The summed E-state index contributed by atoms with van der Waals surface area (Å²) in [4.78, 5) is 13.8. The fourth-order valence-corrected chi connectivity index (χ4v) is 3.46. The van der Waals surface area contributed by atoms with Crippen LogP contribution in [0.25, 0.3) is 6.08 Å². The molecule has 1 saturated heterocycles. The van der Waals surface area contributed by atoms with E-state index in [0.29, 0.717) is 0 Å². The minimum Gasteiger partial charge on any atom is -0.496 e. The van der Waals surface area contributed by atoms with Gasteiger partial charge in [0, 0.05) is 24.1 Å². The average molecular weight is 315 g/mol. The van der Waals surface area contributed by atoms with Crippen molar-refractivity contribution in [1.82, 2.24) is 4.90 Å². The predicted octanol–water partition coefficient (Wildman–Crippen LogP) is 4.11. The number of hydrogen-bond acceptors (Lipinski definition) is 3. The van der Waals surface area contributed by atoms with E-state index in [0.717, 1.165) is 37.2 Å². The van der Waals surface area contributed by atoms with Gasteiger partial charge in [-0.15, -0.1) is 0 Å². The molecule has 0 radical (unpaired) electrons. The topological polar surface area (TPSA) is 38.8 Å². The highest BCUT2D eigenvalue weighted by Crippen LogP contribution is 2.52. The van der Waals surface area contributed by atoms with E-state index in [4.69, 9.17) is 9.47 Å². The minimum atomic E-state index is -0.422. The molecule has 4 heteroatoms. The fraction of sp³-hybridized carbons (Fsp3) is 0.526. The Bertz CT molecular complexity index is 626. The molecule has 0 aromatic heterocycles. The highest BCUT2D eigenvalue weighted by Gasteiger charge is 2.52. The van der Waals surface area contributed by atoms with Crippen LogP contribution in [-0.4, -0.2) is 36.8 Å². The first-order valence-electron chi connectivity index (χ1n) is 8.11. The van der Waals surface area contributed by atoms with Gasteiger partial charge in [0.05, 0.1) is 7.11 Å². The van der Waals surface area contributed by atoms with Gasteiger partial charge in [0.25, 0.3) is 0 Å². The highest BCUT2D eigenvalue weighted by molar-refractivity contribution is 5.70. The van der Waals surface area contributed by atoms with Gasteiger partial charge in [-0.25, -0.2) is 4.79 Å². The number of amides is 1. The summed E-state index contributed by atoms with van der Waals surface area (Å²) in [5.74, 6) is 0.907. The van der Waals surface area contributed by atoms with Crippen LogP contribution in [0.4, 0.5) is 4.79 Å². The monoisotopic (exact) mass is 315 g/mol. The van der Waals surface area contributed by atoms with Crippen LogP contribution in [0.2, 0.25) is 0 Å². The molecule has 0 bridgehead atoms. The van der Waals surface area contributed by atoms with Crippen molar-refractivity contribution < 1.29 is 14.3 Å². The van der Waals surface area contributed by atoms with Crippen molar-refractivity contribution in [2.75, 3.05) is 20.2 Å². The van der Waals surface area contributed by atoms with E-state index in [1.165, 1.54) is 5.57 Å². The molecule has 1 aliphatic carbocycles. The van der Waals surface area contributed by atoms with E-state index in [1.807, 2.05) is 43.9 Å². The van der Waals surface area contributed by atoms with Gasteiger partial charge in [-0.2, -0.15) is 0 Å². The molecule has 3 rings (SSSR count). The lowest BCUT2D eigenvalue weighted by atomic mass is 9.60. The number of likely N-dealkylation sites (tertiary alicyclic amines) is 1. The molecule has 0 atom stereocenters. The Balaban J connectivity index is 1.54. The van der Waals surface area contributed by atoms with Crippen molar-refractivity contribution >= 4 is 12.2 Å². The van der Waals surface area contributed by atoms with Crippen molar-refractivity contribution in [3.63, 3.8) is 0 Å². The number of allylic oxidation sites excluding steroid dienone is 1. The molecule has 4 nitrogen and oxygen atoms in total. The predicted molar refractivity (Wildman–Crippen MR) is 90.4 cm³/mol. The number of ether oxygens (including phenoxy) is 2. The maximum atomic E-state index is 12.0. The van der Waals surface area contributed by atoms with Gasteiger partial charge in [-0.3, -0.25) is 0 Å². The summed E-state index contributed by atoms with van der Waals surface area (Å²) in [6.45, 7) is 7.32. The molecule has 0 unspecified atom stereocenters. The van der Waals surface area contributed by atoms with Crippen molar-refractivity contribution in [2.24, 2.45) is 5.41 Å². The lowest BCUT2D eigenvalue weighted by Crippen LogP contribution is -2.62. The molecule has 1 heterocycles. The second-order valence-electron chi connectivity index (χ2n) is 7.73. The fourth-order valence-electron chi connectivity index (χ4n) is 3.46. The third-order valence-corrected chi connectivity index (χ3v) is 4.41. The summed E-state index contributed by atoms with van der Waals surface area (Å²) in [6, 6.07) is 8.06. The van der Waals surface area contributed by atoms with Gasteiger partial charge < -0.3 is 14.4 Å². The van der Waals surface area contributed by atoms with Gasteiger partial charge in [-0.1, -0.05) is 29.8 Å². The van der Waals surface area contributed by atoms with Crippen LogP contribution >= 0.6 is 0 Å². The van der Waals surface area contributed by atoms with Crippen LogP contribution in [0.1, 0.15) is 39.2 Å². The zero-order valence-electron chi connectivity index (χ0n) is 14.4. The van der Waals surface area contributed by atoms with Gasteiger partial charge in [0.2, 0.25) is 0 Å². The lowest BCUT2D eigenvalue weighted by Gasteiger charge is -2.56. The highest BCUT2D eigenvalue weighted by atomic mass is 16.6. The molecule has 124 valence electrons. The number of methoxy groups -OCH3 is 1. The lowest BCUT2D eigenvalue weighted by molar-refractivity contribution is -0.0498. The summed E-state index contributed by atoms with van der Waals surface area (Å²) < 4.78 is 10.8. The van der Waals surface area contributed by atoms with Gasteiger partial charge >= 0.3 is 6.09 Å². The maximum absolute atomic E-state index is 12.0. The Labute approximate surface area is 138 Å². The Morgan fingerprint density at radius 2 is 1.87 bits per heavy atom. The van der Waals surface area contributed by atoms with Crippen LogP contribution in [0.15, 0.2) is 29.8 Å². The maximum Gasteiger partial charge on any atom is 0.410 e. The molecule has 1 aromatic rings.